The maximum atomic E-state index is 13.1. The molecule has 0 spiro atoms. The lowest BCUT2D eigenvalue weighted by atomic mass is 9.75. The molecule has 1 aliphatic heterocycles. The summed E-state index contributed by atoms with van der Waals surface area (Å²) >= 11 is 0. The van der Waals surface area contributed by atoms with Gasteiger partial charge < -0.3 is 14.7 Å². The van der Waals surface area contributed by atoms with E-state index in [1.807, 2.05) is 12.1 Å². The van der Waals surface area contributed by atoms with Crippen molar-refractivity contribution in [3.8, 4) is 0 Å². The summed E-state index contributed by atoms with van der Waals surface area (Å²) < 4.78 is 19.3. The van der Waals surface area contributed by atoms with Crippen LogP contribution < -0.4 is 4.90 Å². The third-order valence-electron chi connectivity index (χ3n) is 6.50. The first-order valence-electron chi connectivity index (χ1n) is 10.9. The van der Waals surface area contributed by atoms with E-state index < -0.39 is 6.10 Å². The molecule has 1 saturated heterocycles. The molecule has 5 heteroatoms. The van der Waals surface area contributed by atoms with E-state index in [0.717, 1.165) is 44.2 Å². The Morgan fingerprint density at radius 3 is 2.43 bits per heavy atom. The van der Waals surface area contributed by atoms with Gasteiger partial charge in [0.1, 0.15) is 5.82 Å². The van der Waals surface area contributed by atoms with Crippen LogP contribution in [-0.2, 0) is 4.74 Å². The molecule has 0 radical (unpaired) electrons. The second-order valence-electron chi connectivity index (χ2n) is 9.12. The van der Waals surface area contributed by atoms with Gasteiger partial charge in [-0.1, -0.05) is 27.2 Å². The first-order valence-corrected chi connectivity index (χ1v) is 10.9. The summed E-state index contributed by atoms with van der Waals surface area (Å²) in [7, 11) is 0. The fourth-order valence-corrected chi connectivity index (χ4v) is 4.73. The van der Waals surface area contributed by atoms with E-state index in [9.17, 15) is 9.50 Å². The zero-order valence-electron chi connectivity index (χ0n) is 17.7. The van der Waals surface area contributed by atoms with E-state index in [2.05, 4.69) is 30.6 Å². The van der Waals surface area contributed by atoms with Crippen LogP contribution in [0.2, 0.25) is 0 Å². The standard InChI is InChI=1S/C23H37FN2O2/c1-17(2)22-9-4-18(3)14-23(22)28-16-21(27)15-25-10-12-26(13-11-25)20-7-5-19(24)6-8-20/h5-8,17-18,21-23,27H,4,9-16H2,1-3H3/t18-,21-,22+,23-/m1/s1. The summed E-state index contributed by atoms with van der Waals surface area (Å²) in [4.78, 5) is 4.58. The molecule has 1 aromatic carbocycles. The van der Waals surface area contributed by atoms with Crippen LogP contribution in [0.5, 0.6) is 0 Å². The summed E-state index contributed by atoms with van der Waals surface area (Å²) in [5.74, 6) is 1.77. The molecule has 0 amide bonds. The molecule has 0 bridgehead atoms. The first-order chi connectivity index (χ1) is 13.4. The molecule has 158 valence electrons. The minimum absolute atomic E-state index is 0.197. The highest BCUT2D eigenvalue weighted by Crippen LogP contribution is 2.35. The number of benzene rings is 1. The maximum Gasteiger partial charge on any atom is 0.123 e. The minimum atomic E-state index is -0.442. The second-order valence-corrected chi connectivity index (χ2v) is 9.12. The van der Waals surface area contributed by atoms with Gasteiger partial charge in [0.15, 0.2) is 0 Å². The van der Waals surface area contributed by atoms with E-state index in [1.165, 1.54) is 25.0 Å². The van der Waals surface area contributed by atoms with Crippen LogP contribution in [0.3, 0.4) is 0 Å². The quantitative estimate of drug-likeness (QED) is 0.766. The number of β-amino-alcohol motifs (C(OH)–C–C–N with tert-alkyl or cyclic N) is 1. The minimum Gasteiger partial charge on any atom is -0.389 e. The number of hydrogen-bond acceptors (Lipinski definition) is 4. The van der Waals surface area contributed by atoms with Crippen molar-refractivity contribution < 1.29 is 14.2 Å². The Bertz CT molecular complexity index is 587. The van der Waals surface area contributed by atoms with Gasteiger partial charge in [-0.25, -0.2) is 4.39 Å². The summed E-state index contributed by atoms with van der Waals surface area (Å²) in [6, 6.07) is 6.70. The molecule has 1 saturated carbocycles. The number of anilines is 1. The van der Waals surface area contributed by atoms with Crippen molar-refractivity contribution in [2.75, 3.05) is 44.2 Å². The Labute approximate surface area is 169 Å². The monoisotopic (exact) mass is 392 g/mol. The van der Waals surface area contributed by atoms with Gasteiger partial charge in [0.05, 0.1) is 18.8 Å². The van der Waals surface area contributed by atoms with Crippen molar-refractivity contribution in [1.29, 1.82) is 0 Å². The van der Waals surface area contributed by atoms with Crippen molar-refractivity contribution in [3.63, 3.8) is 0 Å². The average molecular weight is 393 g/mol. The van der Waals surface area contributed by atoms with Crippen LogP contribution in [0, 0.1) is 23.6 Å². The van der Waals surface area contributed by atoms with Crippen LogP contribution in [0.4, 0.5) is 10.1 Å². The second kappa shape index (κ2) is 10.0. The summed E-state index contributed by atoms with van der Waals surface area (Å²) in [5.41, 5.74) is 1.07. The predicted molar refractivity (Wildman–Crippen MR) is 112 cm³/mol. The Hall–Kier alpha value is -1.17. The van der Waals surface area contributed by atoms with Crippen LogP contribution in [0.1, 0.15) is 40.0 Å². The number of ether oxygens (including phenoxy) is 1. The van der Waals surface area contributed by atoms with Crippen molar-refractivity contribution in [2.45, 2.75) is 52.2 Å². The molecule has 4 atom stereocenters. The Balaban J connectivity index is 1.40. The van der Waals surface area contributed by atoms with Gasteiger partial charge in [-0.05, 0) is 54.9 Å². The molecule has 1 aromatic rings. The Kier molecular flexibility index (Phi) is 7.72. The van der Waals surface area contributed by atoms with Gasteiger partial charge in [-0.15, -0.1) is 0 Å². The largest absolute Gasteiger partial charge is 0.389 e. The molecular weight excluding hydrogens is 355 g/mol. The van der Waals surface area contributed by atoms with Crippen molar-refractivity contribution in [2.24, 2.45) is 17.8 Å². The Morgan fingerprint density at radius 1 is 1.11 bits per heavy atom. The number of hydrogen-bond donors (Lipinski definition) is 1. The highest BCUT2D eigenvalue weighted by atomic mass is 19.1. The van der Waals surface area contributed by atoms with Gasteiger partial charge in [0.2, 0.25) is 0 Å². The molecule has 2 fully saturated rings. The third kappa shape index (κ3) is 5.91. The average Bonchev–Trinajstić information content (AvgIpc) is 2.67. The molecule has 0 aromatic heterocycles. The van der Waals surface area contributed by atoms with Gasteiger partial charge in [0.25, 0.3) is 0 Å². The number of piperazine rings is 1. The number of halogens is 1. The highest BCUT2D eigenvalue weighted by Gasteiger charge is 2.32. The summed E-state index contributed by atoms with van der Waals surface area (Å²) in [6.45, 7) is 11.6. The van der Waals surface area contributed by atoms with E-state index >= 15 is 0 Å². The lowest BCUT2D eigenvalue weighted by molar-refractivity contribution is -0.0740. The zero-order valence-corrected chi connectivity index (χ0v) is 17.7. The fourth-order valence-electron chi connectivity index (χ4n) is 4.73. The normalized spacial score (nSPS) is 27.9. The molecule has 1 aliphatic carbocycles. The van der Waals surface area contributed by atoms with Gasteiger partial charge in [0, 0.05) is 38.4 Å². The van der Waals surface area contributed by atoms with Crippen molar-refractivity contribution in [3.05, 3.63) is 30.1 Å². The van der Waals surface area contributed by atoms with E-state index in [1.54, 1.807) is 0 Å². The molecule has 1 heterocycles. The third-order valence-corrected chi connectivity index (χ3v) is 6.50. The lowest BCUT2D eigenvalue weighted by Gasteiger charge is -2.39. The van der Waals surface area contributed by atoms with Crippen molar-refractivity contribution >= 4 is 5.69 Å². The fraction of sp³-hybridized carbons (Fsp3) is 0.739. The Morgan fingerprint density at radius 2 is 1.79 bits per heavy atom. The van der Waals surface area contributed by atoms with Crippen LogP contribution >= 0.6 is 0 Å². The van der Waals surface area contributed by atoms with Crippen LogP contribution in [0.15, 0.2) is 24.3 Å². The van der Waals surface area contributed by atoms with Crippen LogP contribution in [-0.4, -0.2) is 61.5 Å². The predicted octanol–water partition coefficient (Wildman–Crippen LogP) is 3.79. The SMILES string of the molecule is CC(C)[C@@H]1CC[C@@H](C)C[C@H]1OC[C@H](O)CN1CCN(c2ccc(F)cc2)CC1. The molecular formula is C23H37FN2O2. The van der Waals surface area contributed by atoms with Gasteiger partial charge >= 0.3 is 0 Å². The zero-order chi connectivity index (χ0) is 20.1. The first kappa shape index (κ1) is 21.5. The topological polar surface area (TPSA) is 35.9 Å². The molecule has 0 unspecified atom stereocenters. The number of aliphatic hydroxyl groups is 1. The smallest absolute Gasteiger partial charge is 0.123 e. The van der Waals surface area contributed by atoms with Gasteiger partial charge in [-0.3, -0.25) is 4.90 Å². The van der Waals surface area contributed by atoms with Crippen LogP contribution in [0.25, 0.3) is 0 Å². The van der Waals surface area contributed by atoms with E-state index in [-0.39, 0.29) is 11.9 Å². The number of rotatable bonds is 7. The number of aliphatic hydroxyl groups excluding tert-OH is 1. The highest BCUT2D eigenvalue weighted by molar-refractivity contribution is 5.46. The van der Waals surface area contributed by atoms with E-state index in [4.69, 9.17) is 4.74 Å². The molecule has 4 nitrogen and oxygen atoms in total. The van der Waals surface area contributed by atoms with Gasteiger partial charge in [-0.2, -0.15) is 0 Å². The molecule has 3 rings (SSSR count). The lowest BCUT2D eigenvalue weighted by Crippen LogP contribution is -2.49. The van der Waals surface area contributed by atoms with Crippen molar-refractivity contribution in [1.82, 2.24) is 4.90 Å². The maximum absolute atomic E-state index is 13.1. The summed E-state index contributed by atoms with van der Waals surface area (Å²) in [5, 5.41) is 10.5. The molecule has 2 aliphatic rings. The number of nitrogens with zero attached hydrogens (tertiary/aromatic N) is 2. The van der Waals surface area contributed by atoms with E-state index in [0.29, 0.717) is 25.0 Å². The summed E-state index contributed by atoms with van der Waals surface area (Å²) in [6.07, 6.45) is 3.50. The molecule has 1 N–H and O–H groups in total. The molecule has 28 heavy (non-hydrogen) atoms.